The van der Waals surface area contributed by atoms with Gasteiger partial charge in [-0.15, -0.1) is 0 Å². The van der Waals surface area contributed by atoms with Gasteiger partial charge in [0.05, 0.1) is 17.7 Å². The molecule has 1 aliphatic heterocycles. The maximum atomic E-state index is 12.6. The molecule has 1 amide bonds. The minimum Gasteiger partial charge on any atom is -0.390 e. The highest BCUT2D eigenvalue weighted by Gasteiger charge is 2.31. The predicted octanol–water partition coefficient (Wildman–Crippen LogP) is 1.12. The molecule has 1 fully saturated rings. The zero-order valence-corrected chi connectivity index (χ0v) is 12.5. The molecular weight excluding hydrogens is 299 g/mol. The average Bonchev–Trinajstić information content (AvgIpc) is 2.68. The van der Waals surface area contributed by atoms with Crippen LogP contribution in [0, 0.1) is 13.8 Å². The number of hydrogen-bond acceptors (Lipinski definition) is 3. The summed E-state index contributed by atoms with van der Waals surface area (Å²) in [5, 5.41) is 15.5. The van der Waals surface area contributed by atoms with E-state index in [1.54, 1.807) is 0 Å². The lowest BCUT2D eigenvalue weighted by Gasteiger charge is -2.29. The minimum absolute atomic E-state index is 0.215. The summed E-state index contributed by atoms with van der Waals surface area (Å²) in [7, 11) is 0. The second-order valence-corrected chi connectivity index (χ2v) is 5.63. The molecule has 2 heterocycles. The third-order valence-corrected chi connectivity index (χ3v) is 3.92. The number of aryl methyl sites for hydroxylation is 1. The van der Waals surface area contributed by atoms with Crippen LogP contribution in [0.2, 0.25) is 0 Å². The first-order valence-electron chi connectivity index (χ1n) is 7.12. The molecular formula is C14H20F3N3O2. The molecule has 22 heavy (non-hydrogen) atoms. The number of aliphatic hydroxyl groups excluding tert-OH is 1. The fourth-order valence-corrected chi connectivity index (χ4v) is 2.71. The number of amides is 1. The Balaban J connectivity index is 2.15. The van der Waals surface area contributed by atoms with Crippen LogP contribution in [0.5, 0.6) is 0 Å². The number of hydrogen-bond donors (Lipinski definition) is 3. The quantitative estimate of drug-likeness (QED) is 0.782. The molecule has 0 radical (unpaired) electrons. The summed E-state index contributed by atoms with van der Waals surface area (Å²) in [4.78, 5) is 12.3. The number of nitrogens with one attached hydrogen (secondary N) is 2. The number of piperidine rings is 1. The highest BCUT2D eigenvalue weighted by atomic mass is 19.4. The first-order valence-corrected chi connectivity index (χ1v) is 7.12. The van der Waals surface area contributed by atoms with Crippen molar-refractivity contribution >= 4 is 5.91 Å². The van der Waals surface area contributed by atoms with Crippen LogP contribution in [0.15, 0.2) is 6.07 Å². The van der Waals surface area contributed by atoms with Crippen molar-refractivity contribution in [2.75, 3.05) is 13.1 Å². The average molecular weight is 319 g/mol. The van der Waals surface area contributed by atoms with Crippen LogP contribution in [-0.2, 0) is 6.54 Å². The molecule has 3 N–H and O–H groups in total. The second kappa shape index (κ2) is 6.29. The molecule has 0 aromatic carbocycles. The van der Waals surface area contributed by atoms with Crippen molar-refractivity contribution in [2.45, 2.75) is 45.1 Å². The van der Waals surface area contributed by atoms with E-state index >= 15 is 0 Å². The van der Waals surface area contributed by atoms with Crippen LogP contribution in [-0.4, -0.2) is 47.0 Å². The summed E-state index contributed by atoms with van der Waals surface area (Å²) in [5.41, 5.74) is 0.870. The first-order chi connectivity index (χ1) is 10.2. The smallest absolute Gasteiger partial charge is 0.390 e. The van der Waals surface area contributed by atoms with E-state index in [1.807, 2.05) is 0 Å². The highest BCUT2D eigenvalue weighted by molar-refractivity contribution is 5.96. The topological polar surface area (TPSA) is 66.3 Å². The summed E-state index contributed by atoms with van der Waals surface area (Å²) in [6, 6.07) is 1.06. The van der Waals surface area contributed by atoms with Gasteiger partial charge in [0.25, 0.3) is 5.91 Å². The van der Waals surface area contributed by atoms with Gasteiger partial charge in [-0.25, -0.2) is 0 Å². The van der Waals surface area contributed by atoms with Crippen molar-refractivity contribution in [3.8, 4) is 0 Å². The molecule has 5 nitrogen and oxygen atoms in total. The molecule has 0 spiro atoms. The van der Waals surface area contributed by atoms with Crippen molar-refractivity contribution in [2.24, 2.45) is 0 Å². The van der Waals surface area contributed by atoms with E-state index in [2.05, 4.69) is 10.6 Å². The zero-order valence-electron chi connectivity index (χ0n) is 12.5. The third kappa shape index (κ3) is 3.80. The van der Waals surface area contributed by atoms with Gasteiger partial charge < -0.3 is 20.3 Å². The molecule has 2 rings (SSSR count). The molecule has 0 aliphatic carbocycles. The van der Waals surface area contributed by atoms with E-state index in [-0.39, 0.29) is 17.3 Å². The lowest BCUT2D eigenvalue weighted by molar-refractivity contribution is -0.141. The number of aromatic nitrogens is 1. The van der Waals surface area contributed by atoms with E-state index in [4.69, 9.17) is 0 Å². The van der Waals surface area contributed by atoms with Crippen LogP contribution in [0.1, 0.15) is 28.2 Å². The molecule has 1 saturated heterocycles. The summed E-state index contributed by atoms with van der Waals surface area (Å²) in [6.07, 6.45) is -4.46. The number of rotatable bonds is 3. The molecule has 0 saturated carbocycles. The van der Waals surface area contributed by atoms with E-state index in [9.17, 15) is 23.1 Å². The summed E-state index contributed by atoms with van der Waals surface area (Å²) in [5.74, 6) is -0.451. The Morgan fingerprint density at radius 3 is 2.77 bits per heavy atom. The lowest BCUT2D eigenvalue weighted by Crippen LogP contribution is -2.52. The number of carbonyl (C=O) groups is 1. The molecule has 8 heteroatoms. The second-order valence-electron chi connectivity index (χ2n) is 5.63. The Kier molecular flexibility index (Phi) is 4.81. The normalized spacial score (nSPS) is 22.6. The Hall–Kier alpha value is -1.54. The monoisotopic (exact) mass is 319 g/mol. The number of β-amino-alcohol motifs (C(OH)–C–C–N with tert-alkyl or cyclic N) is 1. The number of halogens is 3. The summed E-state index contributed by atoms with van der Waals surface area (Å²) < 4.78 is 38.8. The number of carbonyl (C=O) groups excluding carboxylic acids is 1. The van der Waals surface area contributed by atoms with Crippen LogP contribution >= 0.6 is 0 Å². The van der Waals surface area contributed by atoms with Crippen LogP contribution < -0.4 is 10.6 Å². The number of alkyl halides is 3. The minimum atomic E-state index is -4.34. The Labute approximate surface area is 126 Å². The predicted molar refractivity (Wildman–Crippen MR) is 74.7 cm³/mol. The molecule has 1 aliphatic rings. The van der Waals surface area contributed by atoms with Gasteiger partial charge in [-0.3, -0.25) is 4.79 Å². The Bertz CT molecular complexity index is 554. The zero-order chi connectivity index (χ0) is 16.5. The SMILES string of the molecule is Cc1cc(C(=O)NC2CCNCC2O)c(C)n1CC(F)(F)F. The fraction of sp³-hybridized carbons (Fsp3) is 0.643. The van der Waals surface area contributed by atoms with Crippen molar-refractivity contribution in [3.05, 3.63) is 23.0 Å². The van der Waals surface area contributed by atoms with Gasteiger partial charge in [-0.05, 0) is 32.9 Å². The van der Waals surface area contributed by atoms with E-state index in [0.29, 0.717) is 25.2 Å². The van der Waals surface area contributed by atoms with E-state index in [0.717, 1.165) is 4.57 Å². The van der Waals surface area contributed by atoms with Gasteiger partial charge >= 0.3 is 6.18 Å². The van der Waals surface area contributed by atoms with E-state index < -0.39 is 24.7 Å². The fourth-order valence-electron chi connectivity index (χ4n) is 2.71. The molecule has 0 bridgehead atoms. The van der Waals surface area contributed by atoms with Crippen molar-refractivity contribution in [1.29, 1.82) is 0 Å². The Morgan fingerprint density at radius 1 is 1.50 bits per heavy atom. The molecule has 1 aromatic heterocycles. The summed E-state index contributed by atoms with van der Waals surface area (Å²) >= 11 is 0. The molecule has 1 aromatic rings. The van der Waals surface area contributed by atoms with Gasteiger partial charge in [0.2, 0.25) is 0 Å². The largest absolute Gasteiger partial charge is 0.406 e. The highest BCUT2D eigenvalue weighted by Crippen LogP contribution is 2.23. The lowest BCUT2D eigenvalue weighted by atomic mass is 10.0. The number of aliphatic hydroxyl groups is 1. The van der Waals surface area contributed by atoms with Gasteiger partial charge in [-0.2, -0.15) is 13.2 Å². The summed E-state index contributed by atoms with van der Waals surface area (Å²) in [6.45, 7) is 2.97. The number of nitrogens with zero attached hydrogens (tertiary/aromatic N) is 1. The van der Waals surface area contributed by atoms with Crippen molar-refractivity contribution in [3.63, 3.8) is 0 Å². The molecule has 2 unspecified atom stereocenters. The van der Waals surface area contributed by atoms with E-state index in [1.165, 1.54) is 19.9 Å². The van der Waals surface area contributed by atoms with Crippen molar-refractivity contribution < 1.29 is 23.1 Å². The van der Waals surface area contributed by atoms with Gasteiger partial charge in [-0.1, -0.05) is 0 Å². The van der Waals surface area contributed by atoms with Gasteiger partial charge in [0.1, 0.15) is 6.54 Å². The first kappa shape index (κ1) is 16.8. The van der Waals surface area contributed by atoms with Crippen molar-refractivity contribution in [1.82, 2.24) is 15.2 Å². The maximum Gasteiger partial charge on any atom is 0.406 e. The standard InChI is InChI=1S/C14H20F3N3O2/c1-8-5-10(9(2)20(8)7-14(15,16)17)13(22)19-11-3-4-18-6-12(11)21/h5,11-12,18,21H,3-4,6-7H2,1-2H3,(H,19,22). The van der Waals surface area contributed by atoms with Crippen LogP contribution in [0.25, 0.3) is 0 Å². The van der Waals surface area contributed by atoms with Gasteiger partial charge in [0.15, 0.2) is 0 Å². The third-order valence-electron chi connectivity index (χ3n) is 3.92. The molecule has 124 valence electrons. The maximum absolute atomic E-state index is 12.6. The van der Waals surface area contributed by atoms with Gasteiger partial charge in [0, 0.05) is 17.9 Å². The van der Waals surface area contributed by atoms with Crippen LogP contribution in [0.3, 0.4) is 0 Å². The van der Waals surface area contributed by atoms with Crippen LogP contribution in [0.4, 0.5) is 13.2 Å². The molecule has 2 atom stereocenters. The Morgan fingerprint density at radius 2 is 2.18 bits per heavy atom.